The highest BCUT2D eigenvalue weighted by Crippen LogP contribution is 2.28. The van der Waals surface area contributed by atoms with Crippen molar-refractivity contribution in [3.05, 3.63) is 27.8 Å². The summed E-state index contributed by atoms with van der Waals surface area (Å²) in [6, 6.07) is 2.29. The van der Waals surface area contributed by atoms with Gasteiger partial charge in [0, 0.05) is 12.6 Å². The van der Waals surface area contributed by atoms with Gasteiger partial charge in [0.15, 0.2) is 0 Å². The van der Waals surface area contributed by atoms with E-state index in [2.05, 4.69) is 4.72 Å². The summed E-state index contributed by atoms with van der Waals surface area (Å²) < 4.78 is 26.5. The number of hydrogen-bond acceptors (Lipinski definition) is 5. The quantitative estimate of drug-likeness (QED) is 0.482. The molecule has 0 aromatic heterocycles. The first-order valence-corrected chi connectivity index (χ1v) is 7.17. The van der Waals surface area contributed by atoms with Gasteiger partial charge in [-0.2, -0.15) is 0 Å². The summed E-state index contributed by atoms with van der Waals surface area (Å²) in [4.78, 5) is 9.97. The molecule has 0 spiro atoms. The Morgan fingerprint density at radius 3 is 2.47 bits per heavy atom. The molecule has 1 aromatic carbocycles. The third-order valence-corrected chi connectivity index (χ3v) is 4.06. The second-order valence-electron chi connectivity index (χ2n) is 4.68. The number of nitro benzene ring substituents is 1. The Balaban J connectivity index is 3.27. The number of anilines is 1. The van der Waals surface area contributed by atoms with Crippen molar-refractivity contribution in [3.8, 4) is 0 Å². The number of aryl methyl sites for hydroxylation is 1. The summed E-state index contributed by atoms with van der Waals surface area (Å²) in [5.41, 5.74) is 5.42. The van der Waals surface area contributed by atoms with Crippen LogP contribution >= 0.6 is 0 Å². The highest BCUT2D eigenvalue weighted by Gasteiger charge is 2.23. The van der Waals surface area contributed by atoms with Gasteiger partial charge in [0.2, 0.25) is 10.0 Å². The van der Waals surface area contributed by atoms with Gasteiger partial charge in [-0.15, -0.1) is 0 Å². The molecule has 0 heterocycles. The maximum atomic E-state index is 12.1. The fourth-order valence-corrected chi connectivity index (χ4v) is 2.96. The molecule has 7 nitrogen and oxygen atoms in total. The van der Waals surface area contributed by atoms with Crippen molar-refractivity contribution in [1.29, 1.82) is 0 Å². The van der Waals surface area contributed by atoms with E-state index >= 15 is 0 Å². The molecule has 0 aliphatic heterocycles. The molecule has 106 valence electrons. The number of nitrogen functional groups attached to an aromatic ring is 1. The number of benzene rings is 1. The molecule has 0 amide bonds. The summed E-state index contributed by atoms with van der Waals surface area (Å²) in [6.07, 6.45) is 0. The summed E-state index contributed by atoms with van der Waals surface area (Å²) in [5, 5.41) is 10.8. The normalized spacial score (nSPS) is 11.8. The Morgan fingerprint density at radius 1 is 1.42 bits per heavy atom. The van der Waals surface area contributed by atoms with E-state index in [1.54, 1.807) is 6.92 Å². The molecule has 1 rings (SSSR count). The molecule has 0 aliphatic rings. The Morgan fingerprint density at radius 2 is 2.00 bits per heavy atom. The molecule has 8 heteroatoms. The monoisotopic (exact) mass is 287 g/mol. The zero-order valence-corrected chi connectivity index (χ0v) is 11.8. The Labute approximate surface area is 112 Å². The van der Waals surface area contributed by atoms with Gasteiger partial charge in [-0.1, -0.05) is 13.8 Å². The van der Waals surface area contributed by atoms with E-state index in [0.717, 1.165) is 6.07 Å². The average Bonchev–Trinajstić information content (AvgIpc) is 2.25. The molecule has 0 saturated heterocycles. The topological polar surface area (TPSA) is 115 Å². The number of sulfonamides is 1. The number of nitrogens with one attached hydrogen (secondary N) is 1. The van der Waals surface area contributed by atoms with Crippen molar-refractivity contribution in [2.24, 2.45) is 5.92 Å². The van der Waals surface area contributed by atoms with Gasteiger partial charge >= 0.3 is 0 Å². The molecule has 1 aromatic rings. The lowest BCUT2D eigenvalue weighted by molar-refractivity contribution is -0.384. The number of rotatable bonds is 5. The predicted molar refractivity (Wildman–Crippen MR) is 72.3 cm³/mol. The Hall–Kier alpha value is -1.67. The molecule has 19 heavy (non-hydrogen) atoms. The SMILES string of the molecule is Cc1cc(N)c([N+](=O)[O-])cc1S(=O)(=O)NCC(C)C. The van der Waals surface area contributed by atoms with Crippen LogP contribution in [0.25, 0.3) is 0 Å². The van der Waals surface area contributed by atoms with Gasteiger partial charge in [-0.3, -0.25) is 10.1 Å². The van der Waals surface area contributed by atoms with E-state index in [9.17, 15) is 18.5 Å². The van der Waals surface area contributed by atoms with Crippen molar-refractivity contribution < 1.29 is 13.3 Å². The molecule has 0 bridgehead atoms. The smallest absolute Gasteiger partial charge is 0.293 e. The second-order valence-corrected chi connectivity index (χ2v) is 6.41. The van der Waals surface area contributed by atoms with Gasteiger partial charge < -0.3 is 5.73 Å². The van der Waals surface area contributed by atoms with E-state index < -0.39 is 20.6 Å². The third-order valence-electron chi connectivity index (χ3n) is 2.49. The van der Waals surface area contributed by atoms with Crippen LogP contribution in [0.4, 0.5) is 11.4 Å². The molecule has 0 unspecified atom stereocenters. The minimum Gasteiger partial charge on any atom is -0.393 e. The van der Waals surface area contributed by atoms with Crippen molar-refractivity contribution in [2.45, 2.75) is 25.7 Å². The molecular weight excluding hydrogens is 270 g/mol. The standard InChI is InChI=1S/C11H17N3O4S/c1-7(2)6-13-19(17,18)11-5-10(14(15)16)9(12)4-8(11)3/h4-5,7,13H,6,12H2,1-3H3. The molecule has 0 radical (unpaired) electrons. The van der Waals surface area contributed by atoms with Gasteiger partial charge in [0.25, 0.3) is 5.69 Å². The number of nitrogens with zero attached hydrogens (tertiary/aromatic N) is 1. The summed E-state index contributed by atoms with van der Waals surface area (Å²) in [7, 11) is -3.77. The number of nitrogens with two attached hydrogens (primary N) is 1. The molecule has 3 N–H and O–H groups in total. The fourth-order valence-electron chi connectivity index (χ4n) is 1.50. The van der Waals surface area contributed by atoms with Crippen LogP contribution in [-0.2, 0) is 10.0 Å². The van der Waals surface area contributed by atoms with Crippen LogP contribution in [0.5, 0.6) is 0 Å². The minimum absolute atomic E-state index is 0.0506. The average molecular weight is 287 g/mol. The predicted octanol–water partition coefficient (Wildman–Crippen LogP) is 1.42. The highest BCUT2D eigenvalue weighted by atomic mass is 32.2. The molecule has 0 aliphatic carbocycles. The first kappa shape index (κ1) is 15.4. The maximum absolute atomic E-state index is 12.1. The zero-order chi connectivity index (χ0) is 14.8. The minimum atomic E-state index is -3.77. The lowest BCUT2D eigenvalue weighted by atomic mass is 10.2. The fraction of sp³-hybridized carbons (Fsp3) is 0.455. The largest absolute Gasteiger partial charge is 0.393 e. The van der Waals surface area contributed by atoms with Crippen molar-refractivity contribution in [2.75, 3.05) is 12.3 Å². The highest BCUT2D eigenvalue weighted by molar-refractivity contribution is 7.89. The molecular formula is C11H17N3O4S. The van der Waals surface area contributed by atoms with Crippen LogP contribution < -0.4 is 10.5 Å². The first-order chi connectivity index (χ1) is 8.65. The van der Waals surface area contributed by atoms with Crippen molar-refractivity contribution >= 4 is 21.4 Å². The number of hydrogen-bond donors (Lipinski definition) is 2. The van der Waals surface area contributed by atoms with E-state index in [1.165, 1.54) is 6.07 Å². The lowest BCUT2D eigenvalue weighted by Gasteiger charge is -2.11. The van der Waals surface area contributed by atoms with Crippen LogP contribution in [-0.4, -0.2) is 19.9 Å². The molecule has 0 fully saturated rings. The Kier molecular flexibility index (Phi) is 4.48. The van der Waals surface area contributed by atoms with Gasteiger partial charge in [-0.05, 0) is 24.5 Å². The van der Waals surface area contributed by atoms with Crippen LogP contribution in [0.2, 0.25) is 0 Å². The van der Waals surface area contributed by atoms with Gasteiger partial charge in [0.1, 0.15) is 5.69 Å². The summed E-state index contributed by atoms with van der Waals surface area (Å²) in [6.45, 7) is 5.53. The second kappa shape index (κ2) is 5.54. The maximum Gasteiger partial charge on any atom is 0.293 e. The number of nitro groups is 1. The summed E-state index contributed by atoms with van der Waals surface area (Å²) >= 11 is 0. The third kappa shape index (κ3) is 3.65. The van der Waals surface area contributed by atoms with Crippen molar-refractivity contribution in [1.82, 2.24) is 4.72 Å². The molecule has 0 atom stereocenters. The van der Waals surface area contributed by atoms with E-state index in [0.29, 0.717) is 5.56 Å². The van der Waals surface area contributed by atoms with Crippen molar-refractivity contribution in [3.63, 3.8) is 0 Å². The zero-order valence-electron chi connectivity index (χ0n) is 11.0. The first-order valence-electron chi connectivity index (χ1n) is 5.69. The van der Waals surface area contributed by atoms with E-state index in [4.69, 9.17) is 5.73 Å². The van der Waals surface area contributed by atoms with Gasteiger partial charge in [0.05, 0.1) is 9.82 Å². The van der Waals surface area contributed by atoms with Crippen LogP contribution in [0.3, 0.4) is 0 Å². The van der Waals surface area contributed by atoms with Crippen LogP contribution in [0.15, 0.2) is 17.0 Å². The Bertz CT molecular complexity index is 596. The molecule has 0 saturated carbocycles. The van der Waals surface area contributed by atoms with Gasteiger partial charge in [-0.25, -0.2) is 13.1 Å². The lowest BCUT2D eigenvalue weighted by Crippen LogP contribution is -2.28. The van der Waals surface area contributed by atoms with E-state index in [-0.39, 0.29) is 23.0 Å². The van der Waals surface area contributed by atoms with E-state index in [1.807, 2.05) is 13.8 Å². The van der Waals surface area contributed by atoms with Crippen LogP contribution in [0, 0.1) is 23.0 Å². The summed E-state index contributed by atoms with van der Waals surface area (Å²) in [5.74, 6) is 0.138. The van der Waals surface area contributed by atoms with Crippen LogP contribution in [0.1, 0.15) is 19.4 Å².